The van der Waals surface area contributed by atoms with Crippen molar-refractivity contribution in [2.75, 3.05) is 6.61 Å². The SMILES string of the molecule is C=C(OCC)[C@@H](C[C@@H](C)CCC=C(C)C)Oc1cccc(F)n1. The topological polar surface area (TPSA) is 31.4 Å². The molecule has 1 heterocycles. The highest BCUT2D eigenvalue weighted by atomic mass is 19.1. The lowest BCUT2D eigenvalue weighted by Gasteiger charge is -2.23. The Labute approximate surface area is 139 Å². The first-order valence-electron chi connectivity index (χ1n) is 8.16. The average Bonchev–Trinajstić information content (AvgIpc) is 2.46. The van der Waals surface area contributed by atoms with Gasteiger partial charge in [0.15, 0.2) is 6.10 Å². The minimum atomic E-state index is -0.556. The molecule has 1 aromatic rings. The molecular formula is C19H28FNO2. The first kappa shape index (κ1) is 19.2. The van der Waals surface area contributed by atoms with E-state index >= 15 is 0 Å². The number of hydrogen-bond donors (Lipinski definition) is 0. The monoisotopic (exact) mass is 321 g/mol. The molecule has 0 fully saturated rings. The Kier molecular flexibility index (Phi) is 8.38. The number of allylic oxidation sites excluding steroid dienone is 2. The van der Waals surface area contributed by atoms with Gasteiger partial charge in [-0.05, 0) is 52.0 Å². The molecule has 0 N–H and O–H groups in total. The van der Waals surface area contributed by atoms with Gasteiger partial charge in [-0.1, -0.05) is 31.2 Å². The van der Waals surface area contributed by atoms with Crippen LogP contribution >= 0.6 is 0 Å². The Balaban J connectivity index is 2.68. The lowest BCUT2D eigenvalue weighted by atomic mass is 9.97. The standard InChI is InChI=1S/C19H28FNO2/c1-6-22-16(5)17(13-15(4)10-7-9-14(2)3)23-19-12-8-11-18(20)21-19/h8-9,11-12,15,17H,5-7,10,13H2,1-4H3/t15-,17+/m0/s1. The van der Waals surface area contributed by atoms with Gasteiger partial charge in [0.2, 0.25) is 11.8 Å². The third-order valence-corrected chi connectivity index (χ3v) is 3.47. The molecule has 0 bridgehead atoms. The van der Waals surface area contributed by atoms with Crippen LogP contribution in [0.1, 0.15) is 47.0 Å². The Morgan fingerprint density at radius 2 is 2.13 bits per heavy atom. The fourth-order valence-electron chi connectivity index (χ4n) is 2.26. The van der Waals surface area contributed by atoms with Crippen molar-refractivity contribution in [2.45, 2.75) is 53.1 Å². The molecule has 0 spiro atoms. The second-order valence-electron chi connectivity index (χ2n) is 6.00. The number of hydrogen-bond acceptors (Lipinski definition) is 3. The largest absolute Gasteiger partial charge is 0.495 e. The average molecular weight is 321 g/mol. The normalized spacial score (nSPS) is 13.1. The van der Waals surface area contributed by atoms with E-state index in [1.807, 2.05) is 6.92 Å². The summed E-state index contributed by atoms with van der Waals surface area (Å²) in [5.41, 5.74) is 1.33. The quantitative estimate of drug-likeness (QED) is 0.333. The van der Waals surface area contributed by atoms with Crippen LogP contribution in [0.2, 0.25) is 0 Å². The maximum absolute atomic E-state index is 13.2. The molecule has 23 heavy (non-hydrogen) atoms. The van der Waals surface area contributed by atoms with Crippen molar-refractivity contribution in [3.8, 4) is 5.88 Å². The number of ether oxygens (including phenoxy) is 2. The van der Waals surface area contributed by atoms with E-state index in [1.54, 1.807) is 12.1 Å². The highest BCUT2D eigenvalue weighted by Crippen LogP contribution is 2.22. The van der Waals surface area contributed by atoms with Crippen molar-refractivity contribution < 1.29 is 13.9 Å². The van der Waals surface area contributed by atoms with Crippen molar-refractivity contribution in [3.63, 3.8) is 0 Å². The Bertz CT molecular complexity index is 524. The van der Waals surface area contributed by atoms with Crippen molar-refractivity contribution in [1.82, 2.24) is 4.98 Å². The van der Waals surface area contributed by atoms with Gasteiger partial charge in [0.1, 0.15) is 5.76 Å². The van der Waals surface area contributed by atoms with Gasteiger partial charge in [0.05, 0.1) is 6.61 Å². The van der Waals surface area contributed by atoms with Crippen LogP contribution < -0.4 is 4.74 Å². The molecule has 0 saturated carbocycles. The highest BCUT2D eigenvalue weighted by Gasteiger charge is 2.20. The van der Waals surface area contributed by atoms with Gasteiger partial charge < -0.3 is 9.47 Å². The Morgan fingerprint density at radius 1 is 1.39 bits per heavy atom. The lowest BCUT2D eigenvalue weighted by molar-refractivity contribution is 0.104. The Hall–Kier alpha value is -1.84. The molecule has 2 atom stereocenters. The summed E-state index contributed by atoms with van der Waals surface area (Å²) >= 11 is 0. The molecule has 0 aliphatic rings. The third-order valence-electron chi connectivity index (χ3n) is 3.47. The molecule has 0 saturated heterocycles. The van der Waals surface area contributed by atoms with E-state index in [2.05, 4.69) is 38.4 Å². The van der Waals surface area contributed by atoms with Crippen molar-refractivity contribution >= 4 is 0 Å². The summed E-state index contributed by atoms with van der Waals surface area (Å²) in [6, 6.07) is 4.51. The summed E-state index contributed by atoms with van der Waals surface area (Å²) in [7, 11) is 0. The van der Waals surface area contributed by atoms with E-state index in [1.165, 1.54) is 11.6 Å². The van der Waals surface area contributed by atoms with Crippen LogP contribution in [0.15, 0.2) is 42.2 Å². The van der Waals surface area contributed by atoms with Crippen molar-refractivity contribution in [2.24, 2.45) is 5.92 Å². The van der Waals surface area contributed by atoms with Crippen LogP contribution in [0.5, 0.6) is 5.88 Å². The molecule has 0 radical (unpaired) electrons. The van der Waals surface area contributed by atoms with Gasteiger partial charge in [-0.25, -0.2) is 0 Å². The predicted octanol–water partition coefficient (Wildman–Crippen LogP) is 5.29. The second kappa shape index (κ2) is 10.0. The van der Waals surface area contributed by atoms with Crippen LogP contribution in [0, 0.1) is 11.9 Å². The third kappa shape index (κ3) is 7.82. The molecule has 3 nitrogen and oxygen atoms in total. The van der Waals surface area contributed by atoms with Crippen LogP contribution in [0.25, 0.3) is 0 Å². The predicted molar refractivity (Wildman–Crippen MR) is 91.8 cm³/mol. The highest BCUT2D eigenvalue weighted by molar-refractivity contribution is 5.12. The number of aromatic nitrogens is 1. The number of rotatable bonds is 10. The number of halogens is 1. The van der Waals surface area contributed by atoms with E-state index in [4.69, 9.17) is 9.47 Å². The summed E-state index contributed by atoms with van der Waals surface area (Å²) in [6.45, 7) is 12.8. The molecular weight excluding hydrogens is 293 g/mol. The van der Waals surface area contributed by atoms with Crippen LogP contribution in [0.4, 0.5) is 4.39 Å². The van der Waals surface area contributed by atoms with E-state index < -0.39 is 5.95 Å². The van der Waals surface area contributed by atoms with Crippen molar-refractivity contribution in [1.29, 1.82) is 0 Å². The van der Waals surface area contributed by atoms with Gasteiger partial charge in [-0.3, -0.25) is 0 Å². The summed E-state index contributed by atoms with van der Waals surface area (Å²) in [4.78, 5) is 3.75. The lowest BCUT2D eigenvalue weighted by Crippen LogP contribution is -2.24. The number of pyridine rings is 1. The molecule has 0 aromatic carbocycles. The maximum Gasteiger partial charge on any atom is 0.216 e. The summed E-state index contributed by atoms with van der Waals surface area (Å²) < 4.78 is 24.5. The summed E-state index contributed by atoms with van der Waals surface area (Å²) in [6.07, 6.45) is 4.76. The van der Waals surface area contributed by atoms with Gasteiger partial charge >= 0.3 is 0 Å². The van der Waals surface area contributed by atoms with Crippen molar-refractivity contribution in [3.05, 3.63) is 48.1 Å². The van der Waals surface area contributed by atoms with Gasteiger partial charge in [0, 0.05) is 6.07 Å². The van der Waals surface area contributed by atoms with E-state index in [9.17, 15) is 4.39 Å². The van der Waals surface area contributed by atoms with E-state index in [0.29, 0.717) is 18.3 Å². The minimum absolute atomic E-state index is 0.257. The summed E-state index contributed by atoms with van der Waals surface area (Å²) in [5.74, 6) is 0.696. The van der Waals surface area contributed by atoms with E-state index in [-0.39, 0.29) is 12.0 Å². The molecule has 128 valence electrons. The fraction of sp³-hybridized carbons (Fsp3) is 0.526. The summed E-state index contributed by atoms with van der Waals surface area (Å²) in [5, 5.41) is 0. The first-order valence-corrected chi connectivity index (χ1v) is 8.16. The molecule has 0 amide bonds. The van der Waals surface area contributed by atoms with E-state index in [0.717, 1.165) is 19.3 Å². The van der Waals surface area contributed by atoms with Crippen LogP contribution in [0.3, 0.4) is 0 Å². The van der Waals surface area contributed by atoms with Gasteiger partial charge in [0.25, 0.3) is 0 Å². The Morgan fingerprint density at radius 3 is 2.74 bits per heavy atom. The van der Waals surface area contributed by atoms with Gasteiger partial charge in [-0.15, -0.1) is 0 Å². The molecule has 1 aromatic heterocycles. The maximum atomic E-state index is 13.2. The zero-order chi connectivity index (χ0) is 17.2. The minimum Gasteiger partial charge on any atom is -0.495 e. The molecule has 0 aliphatic heterocycles. The molecule has 0 unspecified atom stereocenters. The second-order valence-corrected chi connectivity index (χ2v) is 6.00. The smallest absolute Gasteiger partial charge is 0.216 e. The van der Waals surface area contributed by atoms with Gasteiger partial charge in [-0.2, -0.15) is 9.37 Å². The molecule has 0 aliphatic carbocycles. The molecule has 4 heteroatoms. The zero-order valence-electron chi connectivity index (χ0n) is 14.6. The van der Waals surface area contributed by atoms with Crippen LogP contribution in [-0.4, -0.2) is 17.7 Å². The van der Waals surface area contributed by atoms with Crippen LogP contribution in [-0.2, 0) is 4.74 Å². The molecule has 1 rings (SSSR count). The number of nitrogens with zero attached hydrogens (tertiary/aromatic N) is 1. The fourth-order valence-corrected chi connectivity index (χ4v) is 2.26. The first-order chi connectivity index (χ1) is 10.9. The zero-order valence-corrected chi connectivity index (χ0v) is 14.6.